The van der Waals surface area contributed by atoms with Crippen molar-refractivity contribution in [3.8, 4) is 0 Å². The molecule has 150 valence electrons. The lowest BCUT2D eigenvalue weighted by Crippen LogP contribution is -2.56. The fourth-order valence-electron chi connectivity index (χ4n) is 3.38. The number of carboxylic acid groups (broad SMARTS) is 1. The van der Waals surface area contributed by atoms with E-state index >= 15 is 0 Å². The lowest BCUT2D eigenvalue weighted by atomic mass is 9.99. The van der Waals surface area contributed by atoms with E-state index in [1.165, 1.54) is 0 Å². The summed E-state index contributed by atoms with van der Waals surface area (Å²) in [6.07, 6.45) is 0.657. The highest BCUT2D eigenvalue weighted by molar-refractivity contribution is 5.98. The second-order valence-corrected chi connectivity index (χ2v) is 7.20. The van der Waals surface area contributed by atoms with Crippen molar-refractivity contribution in [1.29, 1.82) is 0 Å². The van der Waals surface area contributed by atoms with Gasteiger partial charge in [0.2, 0.25) is 0 Å². The minimum Gasteiger partial charge on any atom is -0.480 e. The maximum Gasteiger partial charge on any atom is 0.326 e. The second kappa shape index (κ2) is 8.33. The average Bonchev–Trinajstić information content (AvgIpc) is 3.14. The number of nitrogens with one attached hydrogen (secondary N) is 2. The molecule has 1 saturated heterocycles. The van der Waals surface area contributed by atoms with Crippen LogP contribution < -0.4 is 5.32 Å². The first-order chi connectivity index (χ1) is 13.4. The van der Waals surface area contributed by atoms with Gasteiger partial charge in [-0.05, 0) is 18.1 Å². The number of hydrogen-bond donors (Lipinski definition) is 3. The smallest absolute Gasteiger partial charge is 0.326 e. The largest absolute Gasteiger partial charge is 0.480 e. The van der Waals surface area contributed by atoms with E-state index in [1.54, 1.807) is 16.7 Å². The number of hydrogen-bond acceptors (Lipinski definition) is 3. The van der Waals surface area contributed by atoms with Crippen molar-refractivity contribution in [3.63, 3.8) is 0 Å². The third-order valence-electron chi connectivity index (χ3n) is 5.37. The van der Waals surface area contributed by atoms with Crippen LogP contribution in [0.15, 0.2) is 30.3 Å². The summed E-state index contributed by atoms with van der Waals surface area (Å²) in [6.45, 7) is 5.23. The molecule has 28 heavy (non-hydrogen) atoms. The summed E-state index contributed by atoms with van der Waals surface area (Å²) < 4.78 is 0. The summed E-state index contributed by atoms with van der Waals surface area (Å²) in [5, 5.41) is 12.9. The van der Waals surface area contributed by atoms with E-state index in [4.69, 9.17) is 0 Å². The van der Waals surface area contributed by atoms with Crippen molar-refractivity contribution in [1.82, 2.24) is 20.1 Å². The standard InChI is InChI=1S/C20H26N4O4/c1-3-13(2)17(19(26)27)22-20(28)24-10-8-23(9-11-24)18(25)16-12-14-6-4-5-7-15(14)21-16/h4-7,12-13,17,21H,3,8-11H2,1-2H3,(H,22,28)(H,26,27). The predicted molar refractivity (Wildman–Crippen MR) is 105 cm³/mol. The molecule has 0 radical (unpaired) electrons. The van der Waals surface area contributed by atoms with E-state index in [-0.39, 0.29) is 11.8 Å². The quantitative estimate of drug-likeness (QED) is 0.732. The Morgan fingerprint density at radius 1 is 1.14 bits per heavy atom. The Labute approximate surface area is 163 Å². The number of carbonyl (C=O) groups is 3. The molecule has 1 aliphatic heterocycles. The molecule has 2 aromatic rings. The van der Waals surface area contributed by atoms with Crippen LogP contribution in [0.2, 0.25) is 0 Å². The van der Waals surface area contributed by atoms with Gasteiger partial charge in [0, 0.05) is 37.1 Å². The van der Waals surface area contributed by atoms with Crippen LogP contribution >= 0.6 is 0 Å². The van der Waals surface area contributed by atoms with E-state index in [1.807, 2.05) is 37.3 Å². The summed E-state index contributed by atoms with van der Waals surface area (Å²) in [7, 11) is 0. The molecular formula is C20H26N4O4. The molecule has 1 aromatic carbocycles. The van der Waals surface area contributed by atoms with Crippen LogP contribution in [-0.4, -0.2) is 70.0 Å². The predicted octanol–water partition coefficient (Wildman–Crippen LogP) is 2.13. The molecular weight excluding hydrogens is 360 g/mol. The average molecular weight is 386 g/mol. The molecule has 3 rings (SSSR count). The van der Waals surface area contributed by atoms with Gasteiger partial charge in [-0.25, -0.2) is 9.59 Å². The van der Waals surface area contributed by atoms with Crippen molar-refractivity contribution in [3.05, 3.63) is 36.0 Å². The number of aromatic nitrogens is 1. The second-order valence-electron chi connectivity index (χ2n) is 7.20. The Hall–Kier alpha value is -3.03. The van der Waals surface area contributed by atoms with Crippen molar-refractivity contribution in [2.75, 3.05) is 26.2 Å². The fraction of sp³-hybridized carbons (Fsp3) is 0.450. The van der Waals surface area contributed by atoms with E-state index in [9.17, 15) is 19.5 Å². The zero-order valence-corrected chi connectivity index (χ0v) is 16.1. The fourth-order valence-corrected chi connectivity index (χ4v) is 3.38. The van der Waals surface area contributed by atoms with Crippen molar-refractivity contribution >= 4 is 28.8 Å². The van der Waals surface area contributed by atoms with Crippen molar-refractivity contribution in [2.45, 2.75) is 26.3 Å². The zero-order chi connectivity index (χ0) is 20.3. The van der Waals surface area contributed by atoms with Gasteiger partial charge in [-0.15, -0.1) is 0 Å². The van der Waals surface area contributed by atoms with Crippen LogP contribution in [0.3, 0.4) is 0 Å². The Bertz CT molecular complexity index is 837. The first-order valence-electron chi connectivity index (χ1n) is 9.56. The molecule has 0 saturated carbocycles. The van der Waals surface area contributed by atoms with Crippen LogP contribution in [0.5, 0.6) is 0 Å². The highest BCUT2D eigenvalue weighted by atomic mass is 16.4. The maximum absolute atomic E-state index is 12.7. The number of piperazine rings is 1. The molecule has 0 bridgehead atoms. The number of carbonyl (C=O) groups excluding carboxylic acids is 2. The van der Waals surface area contributed by atoms with E-state index in [0.717, 1.165) is 10.9 Å². The van der Waals surface area contributed by atoms with Gasteiger partial charge in [0.15, 0.2) is 0 Å². The lowest BCUT2D eigenvalue weighted by molar-refractivity contribution is -0.140. The number of aromatic amines is 1. The van der Waals surface area contributed by atoms with E-state index in [0.29, 0.717) is 38.3 Å². The molecule has 1 aliphatic rings. The third kappa shape index (κ3) is 4.11. The van der Waals surface area contributed by atoms with Crippen LogP contribution in [0.1, 0.15) is 30.8 Å². The van der Waals surface area contributed by atoms with Gasteiger partial charge in [0.25, 0.3) is 5.91 Å². The Morgan fingerprint density at radius 3 is 2.39 bits per heavy atom. The normalized spacial score (nSPS) is 16.6. The van der Waals surface area contributed by atoms with Crippen molar-refractivity contribution in [2.24, 2.45) is 5.92 Å². The zero-order valence-electron chi connectivity index (χ0n) is 16.1. The van der Waals surface area contributed by atoms with E-state index < -0.39 is 18.0 Å². The molecule has 0 aliphatic carbocycles. The molecule has 0 spiro atoms. The number of rotatable bonds is 5. The summed E-state index contributed by atoms with van der Waals surface area (Å²) in [6, 6.07) is 8.22. The van der Waals surface area contributed by atoms with Crippen molar-refractivity contribution < 1.29 is 19.5 Å². The number of carboxylic acids is 1. The van der Waals surface area contributed by atoms with E-state index in [2.05, 4.69) is 10.3 Å². The molecule has 2 atom stereocenters. The van der Waals surface area contributed by atoms with Gasteiger partial charge in [0.1, 0.15) is 11.7 Å². The summed E-state index contributed by atoms with van der Waals surface area (Å²) >= 11 is 0. The van der Waals surface area contributed by atoms with Gasteiger partial charge in [-0.3, -0.25) is 4.79 Å². The van der Waals surface area contributed by atoms with Gasteiger partial charge in [-0.2, -0.15) is 0 Å². The van der Waals surface area contributed by atoms with Gasteiger partial charge in [0.05, 0.1) is 0 Å². The monoisotopic (exact) mass is 386 g/mol. The number of H-pyrrole nitrogens is 1. The van der Waals surface area contributed by atoms with Gasteiger partial charge >= 0.3 is 12.0 Å². The molecule has 3 amide bonds. The highest BCUT2D eigenvalue weighted by Gasteiger charge is 2.30. The topological polar surface area (TPSA) is 106 Å². The van der Waals surface area contributed by atoms with Crippen LogP contribution in [0.4, 0.5) is 4.79 Å². The lowest BCUT2D eigenvalue weighted by Gasteiger charge is -2.35. The summed E-state index contributed by atoms with van der Waals surface area (Å²) in [4.78, 5) is 43.0. The number of fused-ring (bicyclic) bond motifs is 1. The third-order valence-corrected chi connectivity index (χ3v) is 5.37. The molecule has 1 fully saturated rings. The minimum absolute atomic E-state index is 0.0979. The molecule has 2 unspecified atom stereocenters. The number of para-hydroxylation sites is 1. The number of amides is 3. The molecule has 1 aromatic heterocycles. The molecule has 8 heteroatoms. The van der Waals surface area contributed by atoms with Gasteiger partial charge < -0.3 is 25.2 Å². The number of benzene rings is 1. The maximum atomic E-state index is 12.7. The number of aliphatic carboxylic acids is 1. The number of urea groups is 1. The first kappa shape index (κ1) is 19.7. The van der Waals surface area contributed by atoms with Crippen LogP contribution in [-0.2, 0) is 4.79 Å². The summed E-state index contributed by atoms with van der Waals surface area (Å²) in [5.41, 5.74) is 1.44. The molecule has 3 N–H and O–H groups in total. The number of nitrogens with zero attached hydrogens (tertiary/aromatic N) is 2. The Balaban J connectivity index is 1.58. The van der Waals surface area contributed by atoms with Crippen LogP contribution in [0.25, 0.3) is 10.9 Å². The Morgan fingerprint density at radius 2 is 1.79 bits per heavy atom. The molecule has 2 heterocycles. The highest BCUT2D eigenvalue weighted by Crippen LogP contribution is 2.17. The van der Waals surface area contributed by atoms with Gasteiger partial charge in [-0.1, -0.05) is 38.5 Å². The summed E-state index contributed by atoms with van der Waals surface area (Å²) in [5.74, 6) is -1.29. The first-order valence-corrected chi connectivity index (χ1v) is 9.56. The minimum atomic E-state index is -1.03. The van der Waals surface area contributed by atoms with Crippen LogP contribution in [0, 0.1) is 5.92 Å². The molecule has 8 nitrogen and oxygen atoms in total. The Kier molecular flexibility index (Phi) is 5.87. The SMILES string of the molecule is CCC(C)C(NC(=O)N1CCN(C(=O)c2cc3ccccc3[nH]2)CC1)C(=O)O.